The molecule has 2 aromatic rings. The topological polar surface area (TPSA) is 177 Å². The maximum absolute atomic E-state index is 12.8. The van der Waals surface area contributed by atoms with Gasteiger partial charge in [0.2, 0.25) is 0 Å². The Morgan fingerprint density at radius 3 is 2.24 bits per heavy atom. The molecular weight excluding hydrogens is 703 g/mol. The van der Waals surface area contributed by atoms with Crippen molar-refractivity contribution < 1.29 is 55.6 Å². The Morgan fingerprint density at radius 1 is 1.00 bits per heavy atom. The van der Waals surface area contributed by atoms with Gasteiger partial charge in [-0.3, -0.25) is 4.57 Å². The van der Waals surface area contributed by atoms with E-state index in [1.807, 2.05) is 12.1 Å². The van der Waals surface area contributed by atoms with Crippen molar-refractivity contribution in [3.8, 4) is 11.5 Å². The molecule has 1 amide bonds. The molecule has 0 radical (unpaired) electrons. The third-order valence-electron chi connectivity index (χ3n) is 8.46. The van der Waals surface area contributed by atoms with Gasteiger partial charge in [0.15, 0.2) is 22.5 Å². The summed E-state index contributed by atoms with van der Waals surface area (Å²) in [7, 11) is -4.88. The molecule has 4 rings (SSSR count). The van der Waals surface area contributed by atoms with Crippen molar-refractivity contribution in [2.75, 3.05) is 59.2 Å². The molecule has 2 aliphatic heterocycles. The molecule has 16 heteroatoms. The predicted octanol–water partition coefficient (Wildman–Crippen LogP) is 4.78. The van der Waals surface area contributed by atoms with Gasteiger partial charge in [0.25, 0.3) is 0 Å². The van der Waals surface area contributed by atoms with Gasteiger partial charge in [-0.15, -0.1) is 0 Å². The van der Waals surface area contributed by atoms with Crippen LogP contribution < -0.4 is 20.1 Å². The number of hydrogen-bond donors (Lipinski definition) is 3. The van der Waals surface area contributed by atoms with Crippen LogP contribution in [0.5, 0.6) is 11.5 Å². The van der Waals surface area contributed by atoms with Crippen LogP contribution in [0.3, 0.4) is 0 Å². The van der Waals surface area contributed by atoms with E-state index in [4.69, 9.17) is 32.7 Å². The molecule has 2 aromatic carbocycles. The number of carbonyl (C=O) groups is 1. The number of aliphatic hydroxyl groups is 1. The molecular formula is C35H55N2O12PS. The van der Waals surface area contributed by atoms with Crippen molar-refractivity contribution in [2.45, 2.75) is 76.4 Å². The Kier molecular flexibility index (Phi) is 17.6. The fraction of sp³-hybridized carbons (Fsp3) is 0.629. The molecule has 2 heterocycles. The standard InChI is InChI=1S/C27H45N2O9P.C8H10O3S/c1-5-19(4)15-28-16-24(30)23(29-27(31)38-25-17-34-26-22(25)12-13-33-26)14-20-8-10-21(11-9-20)35-18-39(32,36-6-2)37-7-3;1-11-7-3-5-8(6-4-7)12(2,9)10/h8-11,19,22-26,28,30H,5-7,12-18H2,1-4H3,(H,29,31);3-6H,1-2H3/t19-,22-,23-,24+,25-,26+;/m0./s1. The van der Waals surface area contributed by atoms with Crippen LogP contribution in [0.2, 0.25) is 0 Å². The first-order valence-electron chi connectivity index (χ1n) is 17.3. The van der Waals surface area contributed by atoms with E-state index in [-0.39, 0.29) is 37.9 Å². The second-order valence-electron chi connectivity index (χ2n) is 12.5. The summed E-state index contributed by atoms with van der Waals surface area (Å²) < 4.78 is 72.4. The third kappa shape index (κ3) is 14.3. The van der Waals surface area contributed by atoms with E-state index in [9.17, 15) is 22.9 Å². The number of nitrogens with one attached hydrogen (secondary N) is 2. The van der Waals surface area contributed by atoms with Crippen LogP contribution >= 0.6 is 7.60 Å². The van der Waals surface area contributed by atoms with Crippen LogP contribution in [-0.2, 0) is 44.1 Å². The number of amides is 1. The Balaban J connectivity index is 0.000000493. The van der Waals surface area contributed by atoms with Crippen LogP contribution in [0.25, 0.3) is 0 Å². The average molecular weight is 759 g/mol. The number of carbonyl (C=O) groups excluding carboxylic acids is 1. The summed E-state index contributed by atoms with van der Waals surface area (Å²) in [5, 5.41) is 17.1. The van der Waals surface area contributed by atoms with E-state index in [2.05, 4.69) is 24.5 Å². The van der Waals surface area contributed by atoms with Gasteiger partial charge in [0.1, 0.15) is 17.6 Å². The monoisotopic (exact) mass is 758 g/mol. The van der Waals surface area contributed by atoms with E-state index in [1.54, 1.807) is 38.1 Å². The molecule has 3 N–H and O–H groups in total. The summed E-state index contributed by atoms with van der Waals surface area (Å²) in [4.78, 5) is 13.1. The summed E-state index contributed by atoms with van der Waals surface area (Å²) in [5.74, 6) is 1.67. The molecule has 288 valence electrons. The van der Waals surface area contributed by atoms with Crippen LogP contribution in [0, 0.1) is 11.8 Å². The van der Waals surface area contributed by atoms with E-state index in [0.717, 1.165) is 24.9 Å². The van der Waals surface area contributed by atoms with Crippen molar-refractivity contribution in [2.24, 2.45) is 11.8 Å². The maximum Gasteiger partial charge on any atom is 0.407 e. The summed E-state index contributed by atoms with van der Waals surface area (Å²) >= 11 is 0. The summed E-state index contributed by atoms with van der Waals surface area (Å²) in [6.07, 6.45) is 1.04. The number of aliphatic hydroxyl groups excluding tert-OH is 1. The Bertz CT molecular complexity index is 1470. The zero-order valence-electron chi connectivity index (χ0n) is 30.4. The molecule has 51 heavy (non-hydrogen) atoms. The quantitative estimate of drug-likeness (QED) is 0.167. The highest BCUT2D eigenvalue weighted by atomic mass is 32.2. The van der Waals surface area contributed by atoms with Crippen molar-refractivity contribution in [3.05, 3.63) is 54.1 Å². The lowest BCUT2D eigenvalue weighted by molar-refractivity contribution is -0.0907. The zero-order chi connectivity index (χ0) is 37.4. The summed E-state index contributed by atoms with van der Waals surface area (Å²) in [6.45, 7) is 10.3. The zero-order valence-corrected chi connectivity index (χ0v) is 32.2. The average Bonchev–Trinajstić information content (AvgIpc) is 3.73. The fourth-order valence-electron chi connectivity index (χ4n) is 5.38. The van der Waals surface area contributed by atoms with Gasteiger partial charge in [0.05, 0.1) is 56.5 Å². The number of methoxy groups -OCH3 is 1. The molecule has 2 aliphatic rings. The van der Waals surface area contributed by atoms with Gasteiger partial charge < -0.3 is 48.5 Å². The van der Waals surface area contributed by atoms with E-state index >= 15 is 0 Å². The lowest BCUT2D eigenvalue weighted by Gasteiger charge is -2.26. The number of rotatable bonds is 19. The summed E-state index contributed by atoms with van der Waals surface area (Å²) in [5.41, 5.74) is 0.875. The van der Waals surface area contributed by atoms with E-state index in [0.29, 0.717) is 48.5 Å². The molecule has 0 spiro atoms. The Labute approximate surface area is 302 Å². The molecule has 0 aromatic heterocycles. The minimum Gasteiger partial charge on any atom is -0.497 e. The lowest BCUT2D eigenvalue weighted by atomic mass is 10.0. The second-order valence-corrected chi connectivity index (χ2v) is 16.5. The molecule has 0 saturated carbocycles. The molecule has 14 nitrogen and oxygen atoms in total. The van der Waals surface area contributed by atoms with Crippen molar-refractivity contribution >= 4 is 23.5 Å². The van der Waals surface area contributed by atoms with Crippen molar-refractivity contribution in [1.82, 2.24) is 10.6 Å². The highest BCUT2D eigenvalue weighted by molar-refractivity contribution is 7.90. The number of hydrogen-bond acceptors (Lipinski definition) is 13. The highest BCUT2D eigenvalue weighted by Gasteiger charge is 2.44. The van der Waals surface area contributed by atoms with Gasteiger partial charge >= 0.3 is 13.7 Å². The van der Waals surface area contributed by atoms with E-state index < -0.39 is 35.7 Å². The van der Waals surface area contributed by atoms with Crippen molar-refractivity contribution in [1.29, 1.82) is 0 Å². The van der Waals surface area contributed by atoms with Gasteiger partial charge in [0, 0.05) is 12.8 Å². The largest absolute Gasteiger partial charge is 0.497 e. The van der Waals surface area contributed by atoms with Crippen LogP contribution in [0.1, 0.15) is 46.1 Å². The molecule has 0 aliphatic carbocycles. The maximum atomic E-state index is 12.8. The van der Waals surface area contributed by atoms with Crippen LogP contribution in [-0.4, -0.2) is 103 Å². The van der Waals surface area contributed by atoms with Crippen LogP contribution in [0.4, 0.5) is 4.79 Å². The lowest BCUT2D eigenvalue weighted by Crippen LogP contribution is -2.50. The number of ether oxygens (including phenoxy) is 5. The van der Waals surface area contributed by atoms with E-state index in [1.165, 1.54) is 25.5 Å². The first-order chi connectivity index (χ1) is 24.3. The highest BCUT2D eigenvalue weighted by Crippen LogP contribution is 2.47. The molecule has 0 bridgehead atoms. The smallest absolute Gasteiger partial charge is 0.407 e. The number of fused-ring (bicyclic) bond motifs is 1. The van der Waals surface area contributed by atoms with Gasteiger partial charge in [-0.05, 0) is 81.1 Å². The third-order valence-corrected chi connectivity index (χ3v) is 11.3. The van der Waals surface area contributed by atoms with Gasteiger partial charge in [-0.2, -0.15) is 0 Å². The Morgan fingerprint density at radius 2 is 1.65 bits per heavy atom. The molecule has 6 atom stereocenters. The predicted molar refractivity (Wildman–Crippen MR) is 192 cm³/mol. The second kappa shape index (κ2) is 21.1. The fourth-order valence-corrected chi connectivity index (χ4v) is 7.32. The summed E-state index contributed by atoms with van der Waals surface area (Å²) in [6, 6.07) is 12.9. The number of benzene rings is 2. The molecule has 2 saturated heterocycles. The first kappa shape index (κ1) is 42.7. The SMILES string of the molecule is CCOP(=O)(COc1ccc(C[C@H](NC(=O)O[C@H]2CO[C@H]3OCC[C@H]32)[C@H](O)CNC[C@@H](C)CC)cc1)OCC.COc1ccc(S(C)(=O)=O)cc1. The number of sulfone groups is 1. The minimum absolute atomic E-state index is 0.0321. The Hall–Kier alpha value is -2.75. The normalized spacial score (nSPS) is 20.3. The molecule has 2 fully saturated rings. The molecule has 0 unspecified atom stereocenters. The number of alkyl carbamates (subject to hydrolysis) is 1. The van der Waals surface area contributed by atoms with Gasteiger partial charge in [-0.1, -0.05) is 32.4 Å². The first-order valence-corrected chi connectivity index (χ1v) is 21.0. The van der Waals surface area contributed by atoms with Crippen LogP contribution in [0.15, 0.2) is 53.4 Å². The van der Waals surface area contributed by atoms with Gasteiger partial charge in [-0.25, -0.2) is 13.2 Å². The minimum atomic E-state index is -3.33. The van der Waals surface area contributed by atoms with Crippen molar-refractivity contribution in [3.63, 3.8) is 0 Å².